The number of amides is 2. The molecule has 5 nitrogen and oxygen atoms in total. The Labute approximate surface area is 158 Å². The molecule has 1 aromatic heterocycles. The molecule has 2 aromatic carbocycles. The maximum absolute atomic E-state index is 12.3. The molecule has 0 fully saturated rings. The van der Waals surface area contributed by atoms with Crippen molar-refractivity contribution >= 4 is 28.7 Å². The first-order chi connectivity index (χ1) is 13.1. The number of nitrogens with zero attached hydrogens (tertiary/aromatic N) is 2. The first-order valence-electron chi connectivity index (χ1n) is 8.70. The summed E-state index contributed by atoms with van der Waals surface area (Å²) in [5.41, 5.74) is 1.88. The number of nitrogens with one attached hydrogen (secondary N) is 1. The number of hydrogen-bond acceptors (Lipinski definition) is 3. The molecule has 0 unspecified atom stereocenters. The maximum Gasteiger partial charge on any atom is 0.246 e. The van der Waals surface area contributed by atoms with Gasteiger partial charge >= 0.3 is 0 Å². The highest BCUT2D eigenvalue weighted by Crippen LogP contribution is 2.19. The van der Waals surface area contributed by atoms with E-state index in [-0.39, 0.29) is 18.4 Å². The van der Waals surface area contributed by atoms with Gasteiger partial charge < -0.3 is 10.2 Å². The van der Waals surface area contributed by atoms with Crippen molar-refractivity contribution in [2.45, 2.75) is 6.54 Å². The van der Waals surface area contributed by atoms with E-state index in [1.807, 2.05) is 54.6 Å². The molecule has 0 radical (unpaired) electrons. The van der Waals surface area contributed by atoms with Crippen LogP contribution < -0.4 is 5.32 Å². The molecule has 0 atom stereocenters. The average molecular weight is 359 g/mol. The van der Waals surface area contributed by atoms with Gasteiger partial charge in [0.05, 0.1) is 6.54 Å². The normalized spacial score (nSPS) is 10.9. The van der Waals surface area contributed by atoms with Gasteiger partial charge in [0.1, 0.15) is 0 Å². The maximum atomic E-state index is 12.3. The zero-order chi connectivity index (χ0) is 19.1. The Morgan fingerprint density at radius 2 is 1.89 bits per heavy atom. The first kappa shape index (κ1) is 18.3. The van der Waals surface area contributed by atoms with E-state index < -0.39 is 0 Å². The lowest BCUT2D eigenvalue weighted by molar-refractivity contribution is -0.131. The molecule has 1 N–H and O–H groups in total. The van der Waals surface area contributed by atoms with Crippen LogP contribution in [0.5, 0.6) is 0 Å². The van der Waals surface area contributed by atoms with Crippen molar-refractivity contribution in [3.8, 4) is 0 Å². The average Bonchev–Trinajstić information content (AvgIpc) is 2.71. The molecular formula is C22H21N3O2. The Hall–Kier alpha value is -3.47. The number of likely N-dealkylation sites (N-methyl/N-ethyl adjacent to an activating group) is 1. The summed E-state index contributed by atoms with van der Waals surface area (Å²) in [4.78, 5) is 29.7. The summed E-state index contributed by atoms with van der Waals surface area (Å²) in [6.45, 7) is 0.388. The molecule has 0 aliphatic rings. The summed E-state index contributed by atoms with van der Waals surface area (Å²) in [6, 6.07) is 17.7. The van der Waals surface area contributed by atoms with Gasteiger partial charge in [-0.25, -0.2) is 0 Å². The minimum Gasteiger partial charge on any atom is -0.350 e. The molecule has 3 aromatic rings. The van der Waals surface area contributed by atoms with E-state index >= 15 is 0 Å². The first-order valence-corrected chi connectivity index (χ1v) is 8.70. The Bertz CT molecular complexity index is 962. The van der Waals surface area contributed by atoms with Gasteiger partial charge in [0, 0.05) is 32.1 Å². The van der Waals surface area contributed by atoms with Gasteiger partial charge in [0.25, 0.3) is 0 Å². The van der Waals surface area contributed by atoms with Crippen LogP contribution in [0, 0.1) is 0 Å². The number of rotatable bonds is 6. The third-order valence-corrected chi connectivity index (χ3v) is 4.20. The smallest absolute Gasteiger partial charge is 0.246 e. The van der Waals surface area contributed by atoms with E-state index in [1.54, 1.807) is 25.5 Å². The summed E-state index contributed by atoms with van der Waals surface area (Å²) in [6.07, 6.45) is 6.66. The summed E-state index contributed by atoms with van der Waals surface area (Å²) < 4.78 is 0. The lowest BCUT2D eigenvalue weighted by Gasteiger charge is -2.15. The largest absolute Gasteiger partial charge is 0.350 e. The van der Waals surface area contributed by atoms with E-state index in [0.29, 0.717) is 6.54 Å². The quantitative estimate of drug-likeness (QED) is 0.688. The fourth-order valence-electron chi connectivity index (χ4n) is 2.74. The Balaban J connectivity index is 1.57. The van der Waals surface area contributed by atoms with E-state index in [9.17, 15) is 9.59 Å². The molecule has 0 saturated heterocycles. The predicted octanol–water partition coefficient (Wildman–Crippen LogP) is 3.02. The van der Waals surface area contributed by atoms with Crippen molar-refractivity contribution in [1.82, 2.24) is 15.2 Å². The molecule has 1 heterocycles. The van der Waals surface area contributed by atoms with Gasteiger partial charge in [0.15, 0.2) is 0 Å². The second-order valence-electron chi connectivity index (χ2n) is 6.23. The van der Waals surface area contributed by atoms with Gasteiger partial charge in [0.2, 0.25) is 11.8 Å². The second kappa shape index (κ2) is 8.76. The van der Waals surface area contributed by atoms with Crippen LogP contribution in [-0.2, 0) is 16.1 Å². The monoisotopic (exact) mass is 359 g/mol. The minimum atomic E-state index is -0.223. The van der Waals surface area contributed by atoms with Gasteiger partial charge in [-0.1, -0.05) is 48.5 Å². The molecule has 0 aliphatic heterocycles. The van der Waals surface area contributed by atoms with Crippen molar-refractivity contribution < 1.29 is 9.59 Å². The third kappa shape index (κ3) is 5.01. The van der Waals surface area contributed by atoms with Crippen LogP contribution in [-0.4, -0.2) is 35.3 Å². The number of carbonyl (C=O) groups is 2. The summed E-state index contributed by atoms with van der Waals surface area (Å²) in [7, 11) is 1.61. The molecule has 3 rings (SSSR count). The number of benzene rings is 2. The SMILES string of the molecule is CN(CC(=O)NCc1cccnc1)C(=O)/C=C/c1cccc2ccccc12. The van der Waals surface area contributed by atoms with E-state index in [0.717, 1.165) is 21.9 Å². The highest BCUT2D eigenvalue weighted by molar-refractivity contribution is 5.97. The van der Waals surface area contributed by atoms with Gasteiger partial charge in [-0.05, 0) is 34.0 Å². The highest BCUT2D eigenvalue weighted by atomic mass is 16.2. The third-order valence-electron chi connectivity index (χ3n) is 4.20. The van der Waals surface area contributed by atoms with Crippen molar-refractivity contribution in [2.24, 2.45) is 0 Å². The standard InChI is InChI=1S/C22H21N3O2/c1-25(16-21(26)24-15-17-6-5-13-23-14-17)22(27)12-11-19-9-4-8-18-7-2-3-10-20(18)19/h2-14H,15-16H2,1H3,(H,24,26)/b12-11+. The van der Waals surface area contributed by atoms with Gasteiger partial charge in [-0.2, -0.15) is 0 Å². The molecular weight excluding hydrogens is 338 g/mol. The fourth-order valence-corrected chi connectivity index (χ4v) is 2.74. The molecule has 0 aliphatic carbocycles. The van der Waals surface area contributed by atoms with Crippen LogP contribution in [0.2, 0.25) is 0 Å². The molecule has 0 bridgehead atoms. The van der Waals surface area contributed by atoms with Crippen LogP contribution in [0.15, 0.2) is 73.1 Å². The van der Waals surface area contributed by atoms with E-state index in [4.69, 9.17) is 0 Å². The Kier molecular flexibility index (Phi) is 5.94. The van der Waals surface area contributed by atoms with Crippen LogP contribution in [0.3, 0.4) is 0 Å². The molecule has 0 spiro atoms. The minimum absolute atomic E-state index is 0.00102. The second-order valence-corrected chi connectivity index (χ2v) is 6.23. The van der Waals surface area contributed by atoms with Crippen molar-refractivity contribution in [3.63, 3.8) is 0 Å². The molecule has 5 heteroatoms. The van der Waals surface area contributed by atoms with Crippen LogP contribution in [0.1, 0.15) is 11.1 Å². The van der Waals surface area contributed by atoms with Crippen LogP contribution in [0.4, 0.5) is 0 Å². The molecule has 136 valence electrons. The number of fused-ring (bicyclic) bond motifs is 1. The van der Waals surface area contributed by atoms with E-state index in [1.165, 1.54) is 11.0 Å². The number of pyridine rings is 1. The number of hydrogen-bond donors (Lipinski definition) is 1. The fraction of sp³-hybridized carbons (Fsp3) is 0.136. The summed E-state index contributed by atoms with van der Waals surface area (Å²) >= 11 is 0. The predicted molar refractivity (Wildman–Crippen MR) is 107 cm³/mol. The molecule has 27 heavy (non-hydrogen) atoms. The summed E-state index contributed by atoms with van der Waals surface area (Å²) in [5.74, 6) is -0.437. The number of carbonyl (C=O) groups excluding carboxylic acids is 2. The lowest BCUT2D eigenvalue weighted by atomic mass is 10.0. The highest BCUT2D eigenvalue weighted by Gasteiger charge is 2.10. The van der Waals surface area contributed by atoms with E-state index in [2.05, 4.69) is 10.3 Å². The topological polar surface area (TPSA) is 62.3 Å². The zero-order valence-corrected chi connectivity index (χ0v) is 15.1. The molecule has 2 amide bonds. The molecule has 0 saturated carbocycles. The van der Waals surface area contributed by atoms with Crippen LogP contribution >= 0.6 is 0 Å². The lowest BCUT2D eigenvalue weighted by Crippen LogP contribution is -2.37. The van der Waals surface area contributed by atoms with Crippen molar-refractivity contribution in [1.29, 1.82) is 0 Å². The van der Waals surface area contributed by atoms with Gasteiger partial charge in [-0.3, -0.25) is 14.6 Å². The van der Waals surface area contributed by atoms with Crippen molar-refractivity contribution in [2.75, 3.05) is 13.6 Å². The Morgan fingerprint density at radius 1 is 1.07 bits per heavy atom. The number of aromatic nitrogens is 1. The van der Waals surface area contributed by atoms with Gasteiger partial charge in [-0.15, -0.1) is 0 Å². The zero-order valence-electron chi connectivity index (χ0n) is 15.1. The van der Waals surface area contributed by atoms with Crippen LogP contribution in [0.25, 0.3) is 16.8 Å². The Morgan fingerprint density at radius 3 is 2.70 bits per heavy atom. The summed E-state index contributed by atoms with van der Waals surface area (Å²) in [5, 5.41) is 4.99. The van der Waals surface area contributed by atoms with Crippen molar-refractivity contribution in [3.05, 3.63) is 84.2 Å².